The summed E-state index contributed by atoms with van der Waals surface area (Å²) in [5.41, 5.74) is -3.49. The van der Waals surface area contributed by atoms with Crippen LogP contribution in [-0.2, 0) is 23.1 Å². The van der Waals surface area contributed by atoms with E-state index in [1.165, 1.54) is 20.0 Å². The number of nitrogens with zero attached hydrogens (tertiary/aromatic N) is 1. The fraction of sp³-hybridized carbons (Fsp3) is 0.737. The quantitative estimate of drug-likeness (QED) is 0.316. The fourth-order valence-electron chi connectivity index (χ4n) is 2.93. The Balaban J connectivity index is 1.89. The zero-order valence-electron chi connectivity index (χ0n) is 18.7. The predicted octanol–water partition coefficient (Wildman–Crippen LogP) is 0.973. The number of H-pyrrole nitrogens is 1. The molecule has 13 heteroatoms. The minimum absolute atomic E-state index is 0.0210. The van der Waals surface area contributed by atoms with E-state index in [9.17, 15) is 29.2 Å². The van der Waals surface area contributed by atoms with Crippen molar-refractivity contribution in [1.82, 2.24) is 9.55 Å². The van der Waals surface area contributed by atoms with E-state index in [0.29, 0.717) is 12.2 Å². The Morgan fingerprint density at radius 3 is 2.69 bits per heavy atom. The molecule has 1 aromatic heterocycles. The average molecular weight is 495 g/mol. The highest BCUT2D eigenvalue weighted by atomic mass is 32.2. The van der Waals surface area contributed by atoms with Crippen molar-refractivity contribution >= 4 is 25.1 Å². The lowest BCUT2D eigenvalue weighted by atomic mass is 9.92. The van der Waals surface area contributed by atoms with Gasteiger partial charge in [0.25, 0.3) is 5.56 Å². The van der Waals surface area contributed by atoms with E-state index in [2.05, 4.69) is 4.98 Å². The van der Waals surface area contributed by atoms with Gasteiger partial charge in [0, 0.05) is 22.9 Å². The molecule has 1 aliphatic rings. The summed E-state index contributed by atoms with van der Waals surface area (Å²) in [6.07, 6.45) is -1.94. The van der Waals surface area contributed by atoms with Crippen LogP contribution >= 0.6 is 20.0 Å². The molecule has 2 rings (SSSR count). The monoisotopic (exact) mass is 494 g/mol. The molecule has 0 radical (unpaired) electrons. The fourth-order valence-corrected chi connectivity index (χ4v) is 4.62. The molecule has 32 heavy (non-hydrogen) atoms. The highest BCUT2D eigenvalue weighted by Crippen LogP contribution is 2.39. The van der Waals surface area contributed by atoms with Gasteiger partial charge in [-0.2, -0.15) is 0 Å². The van der Waals surface area contributed by atoms with Gasteiger partial charge in [-0.1, -0.05) is 32.5 Å². The third-order valence-corrected chi connectivity index (χ3v) is 7.52. The number of rotatable bonds is 10. The number of carbonyl (C=O) groups excluding carboxylic acids is 1. The SMILES string of the molecule is CCC(C)(C)C(=O)SCCO[PH](=O)OC[C@H]1O[C@@H](n2cc(C)c(=O)[nH]c2=O)C(C)(O)[C@H]1O. The summed E-state index contributed by atoms with van der Waals surface area (Å²) in [7, 11) is -2.94. The summed E-state index contributed by atoms with van der Waals surface area (Å²) >= 11 is 1.10. The molecule has 2 unspecified atom stereocenters. The van der Waals surface area contributed by atoms with Gasteiger partial charge < -0.3 is 24.0 Å². The average Bonchev–Trinajstić information content (AvgIpc) is 2.95. The molecule has 1 aliphatic heterocycles. The van der Waals surface area contributed by atoms with Crippen molar-refractivity contribution in [2.24, 2.45) is 5.41 Å². The van der Waals surface area contributed by atoms with Crippen LogP contribution in [0.25, 0.3) is 0 Å². The van der Waals surface area contributed by atoms with E-state index in [-0.39, 0.29) is 23.9 Å². The lowest BCUT2D eigenvalue weighted by Gasteiger charge is -2.27. The van der Waals surface area contributed by atoms with Gasteiger partial charge in [0.05, 0.1) is 13.2 Å². The van der Waals surface area contributed by atoms with Crippen molar-refractivity contribution in [3.8, 4) is 0 Å². The van der Waals surface area contributed by atoms with Gasteiger partial charge in [0.15, 0.2) is 11.3 Å². The number of hydrogen-bond donors (Lipinski definition) is 3. The van der Waals surface area contributed by atoms with Crippen LogP contribution in [0.2, 0.25) is 0 Å². The van der Waals surface area contributed by atoms with Gasteiger partial charge in [-0.3, -0.25) is 23.7 Å². The van der Waals surface area contributed by atoms with Crippen molar-refractivity contribution in [3.63, 3.8) is 0 Å². The highest BCUT2D eigenvalue weighted by Gasteiger charge is 2.53. The maximum absolute atomic E-state index is 12.1. The number of aryl methyl sites for hydroxylation is 1. The Hall–Kier alpha value is -1.27. The van der Waals surface area contributed by atoms with Crippen LogP contribution in [0.5, 0.6) is 0 Å². The Kier molecular flexibility index (Phi) is 9.08. The van der Waals surface area contributed by atoms with Gasteiger partial charge in [-0.15, -0.1) is 0 Å². The molecule has 5 atom stereocenters. The standard InChI is InChI=1S/C19H31N2O9PS/c1-6-18(3,4)16(24)32-8-7-28-31(27)29-10-12-13(22)19(5,26)15(30-12)21-9-11(2)14(23)20-17(21)25/h9,12-13,15,22,26,31H,6-8,10H2,1-5H3,(H,20,23,25)/t12-,13+,15-,19?/m1/s1. The van der Waals surface area contributed by atoms with Crippen LogP contribution < -0.4 is 11.2 Å². The van der Waals surface area contributed by atoms with Crippen molar-refractivity contribution in [3.05, 3.63) is 32.6 Å². The maximum Gasteiger partial charge on any atom is 0.330 e. The first-order valence-electron chi connectivity index (χ1n) is 10.2. The van der Waals surface area contributed by atoms with Crippen LogP contribution in [0.4, 0.5) is 0 Å². The van der Waals surface area contributed by atoms with Crippen LogP contribution in [0.3, 0.4) is 0 Å². The summed E-state index contributed by atoms with van der Waals surface area (Å²) in [5, 5.41) is 21.1. The Labute approximate surface area is 190 Å². The Morgan fingerprint density at radius 2 is 2.06 bits per heavy atom. The first-order valence-corrected chi connectivity index (χ1v) is 12.4. The summed E-state index contributed by atoms with van der Waals surface area (Å²) < 4.78 is 28.8. The molecular weight excluding hydrogens is 463 g/mol. The molecule has 0 saturated carbocycles. The van der Waals surface area contributed by atoms with Gasteiger partial charge >= 0.3 is 13.9 Å². The van der Waals surface area contributed by atoms with E-state index in [4.69, 9.17) is 13.8 Å². The molecule has 0 aliphatic carbocycles. The predicted molar refractivity (Wildman–Crippen MR) is 119 cm³/mol. The summed E-state index contributed by atoms with van der Waals surface area (Å²) in [4.78, 5) is 37.9. The zero-order chi connectivity index (χ0) is 24.3. The molecule has 1 fully saturated rings. The molecule has 1 saturated heterocycles. The maximum atomic E-state index is 12.1. The number of thioether (sulfide) groups is 1. The number of aliphatic hydroxyl groups excluding tert-OH is 1. The lowest BCUT2D eigenvalue weighted by Crippen LogP contribution is -2.47. The molecular formula is C19H31N2O9PS. The van der Waals surface area contributed by atoms with Gasteiger partial charge in [0.2, 0.25) is 0 Å². The second-order valence-corrected chi connectivity index (χ2v) is 10.6. The van der Waals surface area contributed by atoms with E-state index >= 15 is 0 Å². The molecule has 1 aromatic rings. The first kappa shape index (κ1) is 27.0. The number of hydrogen-bond acceptors (Lipinski definition) is 10. The van der Waals surface area contributed by atoms with Crippen molar-refractivity contribution < 1.29 is 33.4 Å². The Morgan fingerprint density at radius 1 is 1.41 bits per heavy atom. The largest absolute Gasteiger partial charge is 0.387 e. The number of aromatic nitrogens is 2. The third-order valence-electron chi connectivity index (χ3n) is 5.49. The van der Waals surface area contributed by atoms with Crippen LogP contribution in [0, 0.1) is 12.3 Å². The van der Waals surface area contributed by atoms with E-state index < -0.39 is 49.0 Å². The summed E-state index contributed by atoms with van der Waals surface area (Å²) in [6.45, 7) is 8.07. The second kappa shape index (κ2) is 10.8. The first-order chi connectivity index (χ1) is 14.8. The van der Waals surface area contributed by atoms with Crippen LogP contribution in [-0.4, -0.2) is 61.7 Å². The summed E-state index contributed by atoms with van der Waals surface area (Å²) in [6, 6.07) is 0. The van der Waals surface area contributed by atoms with Crippen LogP contribution in [0.15, 0.2) is 15.8 Å². The van der Waals surface area contributed by atoms with Crippen molar-refractivity contribution in [1.29, 1.82) is 0 Å². The van der Waals surface area contributed by atoms with Crippen molar-refractivity contribution in [2.75, 3.05) is 19.0 Å². The normalized spacial score (nSPS) is 26.9. The lowest BCUT2D eigenvalue weighted by molar-refractivity contribution is -0.118. The highest BCUT2D eigenvalue weighted by molar-refractivity contribution is 8.13. The number of carbonyl (C=O) groups is 1. The van der Waals surface area contributed by atoms with E-state index in [1.54, 1.807) is 0 Å². The molecule has 182 valence electrons. The molecule has 11 nitrogen and oxygen atoms in total. The minimum Gasteiger partial charge on any atom is -0.387 e. The van der Waals surface area contributed by atoms with Crippen molar-refractivity contribution in [2.45, 2.75) is 65.1 Å². The number of aliphatic hydroxyl groups is 2. The molecule has 0 aromatic carbocycles. The molecule has 0 spiro atoms. The van der Waals surface area contributed by atoms with Crippen LogP contribution in [0.1, 0.15) is 45.9 Å². The van der Waals surface area contributed by atoms with Gasteiger partial charge in [-0.05, 0) is 20.3 Å². The number of ether oxygens (including phenoxy) is 1. The topological polar surface area (TPSA) is 157 Å². The van der Waals surface area contributed by atoms with E-state index in [1.807, 2.05) is 20.8 Å². The van der Waals surface area contributed by atoms with E-state index in [0.717, 1.165) is 16.3 Å². The smallest absolute Gasteiger partial charge is 0.330 e. The molecule has 0 bridgehead atoms. The number of nitrogens with one attached hydrogen (secondary N) is 1. The minimum atomic E-state index is -2.94. The van der Waals surface area contributed by atoms with Gasteiger partial charge in [0.1, 0.15) is 17.8 Å². The second-order valence-electron chi connectivity index (χ2n) is 8.46. The zero-order valence-corrected chi connectivity index (χ0v) is 20.6. The molecule has 3 N–H and O–H groups in total. The number of aromatic amines is 1. The Bertz CT molecular complexity index is 959. The summed E-state index contributed by atoms with van der Waals surface area (Å²) in [5.74, 6) is 0.315. The van der Waals surface area contributed by atoms with Gasteiger partial charge in [-0.25, -0.2) is 4.79 Å². The molecule has 0 amide bonds. The third kappa shape index (κ3) is 6.19. The molecule has 2 heterocycles.